The molecule has 1 aromatic carbocycles. The van der Waals surface area contributed by atoms with Crippen molar-refractivity contribution in [1.29, 1.82) is 0 Å². The maximum atomic E-state index is 5.31. The average molecular weight is 278 g/mol. The predicted molar refractivity (Wildman–Crippen MR) is 78.3 cm³/mol. The Morgan fingerprint density at radius 1 is 1.21 bits per heavy atom. The topological polar surface area (TPSA) is 43.4 Å². The predicted octanol–water partition coefficient (Wildman–Crippen LogP) is 2.59. The summed E-state index contributed by atoms with van der Waals surface area (Å²) in [4.78, 5) is 4.63. The Morgan fingerprint density at radius 3 is 2.68 bits per heavy atom. The van der Waals surface area contributed by atoms with Crippen LogP contribution >= 0.6 is 11.3 Å². The van der Waals surface area contributed by atoms with Gasteiger partial charge in [-0.15, -0.1) is 11.3 Å². The summed E-state index contributed by atoms with van der Waals surface area (Å²) in [5.74, 6) is 1.46. The second-order valence-electron chi connectivity index (χ2n) is 4.05. The van der Waals surface area contributed by atoms with Crippen LogP contribution in [0.1, 0.15) is 5.01 Å². The molecule has 0 saturated heterocycles. The largest absolute Gasteiger partial charge is 0.493 e. The summed E-state index contributed by atoms with van der Waals surface area (Å²) >= 11 is 1.68. The molecule has 0 aliphatic heterocycles. The van der Waals surface area contributed by atoms with Crippen LogP contribution in [0.2, 0.25) is 0 Å². The van der Waals surface area contributed by atoms with Crippen LogP contribution in [-0.4, -0.2) is 32.8 Å². The van der Waals surface area contributed by atoms with Crippen LogP contribution in [0, 0.1) is 0 Å². The first-order chi connectivity index (χ1) is 9.28. The van der Waals surface area contributed by atoms with Gasteiger partial charge in [-0.05, 0) is 25.2 Å². The van der Waals surface area contributed by atoms with Crippen LogP contribution in [0.4, 0.5) is 0 Å². The number of benzene rings is 1. The number of likely N-dealkylation sites (N-methyl/N-ethyl adjacent to an activating group) is 1. The highest BCUT2D eigenvalue weighted by molar-refractivity contribution is 7.09. The van der Waals surface area contributed by atoms with E-state index in [-0.39, 0.29) is 0 Å². The van der Waals surface area contributed by atoms with E-state index in [9.17, 15) is 0 Å². The minimum Gasteiger partial charge on any atom is -0.493 e. The molecule has 0 fully saturated rings. The highest BCUT2D eigenvalue weighted by Crippen LogP contribution is 2.32. The van der Waals surface area contributed by atoms with Crippen molar-refractivity contribution in [1.82, 2.24) is 10.3 Å². The minimum atomic E-state index is 0.727. The van der Waals surface area contributed by atoms with Gasteiger partial charge in [0, 0.05) is 23.9 Å². The van der Waals surface area contributed by atoms with E-state index in [4.69, 9.17) is 9.47 Å². The molecule has 4 nitrogen and oxygen atoms in total. The van der Waals surface area contributed by atoms with Crippen molar-refractivity contribution in [3.8, 4) is 22.8 Å². The lowest BCUT2D eigenvalue weighted by atomic mass is 10.1. The van der Waals surface area contributed by atoms with Crippen molar-refractivity contribution in [2.45, 2.75) is 6.42 Å². The molecule has 0 aliphatic rings. The van der Waals surface area contributed by atoms with E-state index >= 15 is 0 Å². The van der Waals surface area contributed by atoms with Crippen molar-refractivity contribution >= 4 is 11.3 Å². The Labute approximate surface area is 117 Å². The molecule has 5 heteroatoms. The highest BCUT2D eigenvalue weighted by Gasteiger charge is 2.09. The molecule has 0 spiro atoms. The van der Waals surface area contributed by atoms with Crippen LogP contribution < -0.4 is 14.8 Å². The quantitative estimate of drug-likeness (QED) is 0.882. The summed E-state index contributed by atoms with van der Waals surface area (Å²) < 4.78 is 10.5. The third-order valence-corrected chi connectivity index (χ3v) is 3.73. The molecule has 2 aromatic rings. The number of rotatable bonds is 6. The maximum absolute atomic E-state index is 5.31. The zero-order valence-electron chi connectivity index (χ0n) is 11.4. The van der Waals surface area contributed by atoms with Gasteiger partial charge >= 0.3 is 0 Å². The molecule has 0 aliphatic carbocycles. The average Bonchev–Trinajstić information content (AvgIpc) is 2.93. The van der Waals surface area contributed by atoms with E-state index < -0.39 is 0 Å². The molecule has 102 valence electrons. The fourth-order valence-corrected chi connectivity index (χ4v) is 2.59. The Balaban J connectivity index is 2.23. The summed E-state index contributed by atoms with van der Waals surface area (Å²) in [5.41, 5.74) is 2.03. The van der Waals surface area contributed by atoms with E-state index in [1.165, 1.54) is 0 Å². The molecule has 0 amide bonds. The lowest BCUT2D eigenvalue weighted by molar-refractivity contribution is 0.355. The number of methoxy groups -OCH3 is 2. The number of hydrogen-bond donors (Lipinski definition) is 1. The first-order valence-corrected chi connectivity index (χ1v) is 6.98. The lowest BCUT2D eigenvalue weighted by Gasteiger charge is -2.08. The standard InChI is InChI=1S/C14H18N2O2S/c1-15-7-6-14-16-11(9-19-14)10-4-5-12(17-2)13(8-10)18-3/h4-5,8-9,15H,6-7H2,1-3H3. The minimum absolute atomic E-state index is 0.727. The first kappa shape index (κ1) is 13.8. The molecule has 0 unspecified atom stereocenters. The summed E-state index contributed by atoms with van der Waals surface area (Å²) in [5, 5.41) is 6.34. The maximum Gasteiger partial charge on any atom is 0.161 e. The van der Waals surface area contributed by atoms with Crippen molar-refractivity contribution in [2.75, 3.05) is 27.8 Å². The number of ether oxygens (including phenoxy) is 2. The van der Waals surface area contributed by atoms with Crippen molar-refractivity contribution in [3.05, 3.63) is 28.6 Å². The summed E-state index contributed by atoms with van der Waals surface area (Å²) in [6.45, 7) is 0.943. The van der Waals surface area contributed by atoms with Gasteiger partial charge < -0.3 is 14.8 Å². The van der Waals surface area contributed by atoms with Gasteiger partial charge in [0.1, 0.15) is 0 Å². The molecule has 0 saturated carbocycles. The summed E-state index contributed by atoms with van der Waals surface area (Å²) in [6, 6.07) is 5.86. The third-order valence-electron chi connectivity index (χ3n) is 2.82. The molecular weight excluding hydrogens is 260 g/mol. The summed E-state index contributed by atoms with van der Waals surface area (Å²) in [6.07, 6.45) is 0.953. The molecule has 0 bridgehead atoms. The van der Waals surface area contributed by atoms with Crippen LogP contribution in [0.25, 0.3) is 11.3 Å². The Kier molecular flexibility index (Phi) is 4.76. The molecule has 2 rings (SSSR count). The number of hydrogen-bond acceptors (Lipinski definition) is 5. The smallest absolute Gasteiger partial charge is 0.161 e. The van der Waals surface area contributed by atoms with Crippen molar-refractivity contribution in [3.63, 3.8) is 0 Å². The molecule has 1 heterocycles. The monoisotopic (exact) mass is 278 g/mol. The fraction of sp³-hybridized carbons (Fsp3) is 0.357. The first-order valence-electron chi connectivity index (χ1n) is 6.10. The van der Waals surface area contributed by atoms with Gasteiger partial charge in [0.15, 0.2) is 11.5 Å². The molecular formula is C14H18N2O2S. The zero-order valence-corrected chi connectivity index (χ0v) is 12.2. The normalized spacial score (nSPS) is 10.5. The van der Waals surface area contributed by atoms with Gasteiger partial charge in [-0.1, -0.05) is 0 Å². The van der Waals surface area contributed by atoms with E-state index in [0.29, 0.717) is 0 Å². The molecule has 1 N–H and O–H groups in total. The van der Waals surface area contributed by atoms with Gasteiger partial charge in [-0.3, -0.25) is 0 Å². The van der Waals surface area contributed by atoms with Gasteiger partial charge in [0.05, 0.1) is 24.9 Å². The number of nitrogens with zero attached hydrogens (tertiary/aromatic N) is 1. The van der Waals surface area contributed by atoms with E-state index in [1.807, 2.05) is 25.2 Å². The molecule has 19 heavy (non-hydrogen) atoms. The van der Waals surface area contributed by atoms with E-state index in [1.54, 1.807) is 25.6 Å². The second-order valence-corrected chi connectivity index (χ2v) is 4.99. The molecule has 0 atom stereocenters. The second kappa shape index (κ2) is 6.54. The fourth-order valence-electron chi connectivity index (χ4n) is 1.79. The lowest BCUT2D eigenvalue weighted by Crippen LogP contribution is -2.09. The van der Waals surface area contributed by atoms with Crippen LogP contribution in [0.3, 0.4) is 0 Å². The van der Waals surface area contributed by atoms with Gasteiger partial charge in [-0.25, -0.2) is 4.98 Å². The SMILES string of the molecule is CNCCc1nc(-c2ccc(OC)c(OC)c2)cs1. The Morgan fingerprint density at radius 2 is 2.00 bits per heavy atom. The molecule has 0 radical (unpaired) electrons. The van der Waals surface area contributed by atoms with E-state index in [0.717, 1.165) is 40.7 Å². The molecule has 1 aromatic heterocycles. The van der Waals surface area contributed by atoms with Crippen LogP contribution in [0.5, 0.6) is 11.5 Å². The number of aromatic nitrogens is 1. The van der Waals surface area contributed by atoms with Gasteiger partial charge in [0.25, 0.3) is 0 Å². The summed E-state index contributed by atoms with van der Waals surface area (Å²) in [7, 11) is 5.22. The van der Waals surface area contributed by atoms with Crippen molar-refractivity contribution in [2.24, 2.45) is 0 Å². The third kappa shape index (κ3) is 3.24. The Bertz CT molecular complexity index is 540. The van der Waals surface area contributed by atoms with Gasteiger partial charge in [-0.2, -0.15) is 0 Å². The van der Waals surface area contributed by atoms with E-state index in [2.05, 4.69) is 15.7 Å². The Hall–Kier alpha value is -1.59. The number of thiazole rings is 1. The van der Waals surface area contributed by atoms with Crippen LogP contribution in [-0.2, 0) is 6.42 Å². The van der Waals surface area contributed by atoms with Crippen molar-refractivity contribution < 1.29 is 9.47 Å². The highest BCUT2D eigenvalue weighted by atomic mass is 32.1. The van der Waals surface area contributed by atoms with Crippen LogP contribution in [0.15, 0.2) is 23.6 Å². The number of nitrogens with one attached hydrogen (secondary N) is 1. The van der Waals surface area contributed by atoms with Gasteiger partial charge in [0.2, 0.25) is 0 Å². The zero-order chi connectivity index (χ0) is 13.7.